The number of nitrogens with one attached hydrogen (secondary N) is 1. The third-order valence-electron chi connectivity index (χ3n) is 3.93. The minimum absolute atomic E-state index is 0.298. The maximum atomic E-state index is 13.3. The highest BCUT2D eigenvalue weighted by Crippen LogP contribution is 2.31. The summed E-state index contributed by atoms with van der Waals surface area (Å²) in [6, 6.07) is 11.3. The van der Waals surface area contributed by atoms with Crippen molar-refractivity contribution in [3.63, 3.8) is 0 Å². The largest absolute Gasteiger partial charge is 0.390 e. The standard InChI is InChI=1S/C17H16FNO2/c1-10-6-7-12(18)9-14(10)17(21)19-16-13-5-3-2-4-11(13)8-15(16)20/h2-7,9,15-16,20H,8H2,1H3,(H,19,21)/t15-,16+/m0/s1. The number of rotatable bonds is 2. The summed E-state index contributed by atoms with van der Waals surface area (Å²) in [5, 5.41) is 13.0. The van der Waals surface area contributed by atoms with Crippen molar-refractivity contribution in [1.82, 2.24) is 5.32 Å². The van der Waals surface area contributed by atoms with Gasteiger partial charge in [-0.15, -0.1) is 0 Å². The second-order valence-corrected chi connectivity index (χ2v) is 5.38. The van der Waals surface area contributed by atoms with Gasteiger partial charge < -0.3 is 10.4 Å². The van der Waals surface area contributed by atoms with Gasteiger partial charge in [0, 0.05) is 12.0 Å². The Hall–Kier alpha value is -2.20. The fourth-order valence-corrected chi connectivity index (χ4v) is 2.81. The zero-order valence-corrected chi connectivity index (χ0v) is 11.6. The van der Waals surface area contributed by atoms with Crippen LogP contribution in [0.2, 0.25) is 0 Å². The molecule has 0 unspecified atom stereocenters. The average Bonchev–Trinajstić information content (AvgIpc) is 2.78. The number of carbonyl (C=O) groups is 1. The second kappa shape index (κ2) is 5.30. The van der Waals surface area contributed by atoms with E-state index >= 15 is 0 Å². The number of carbonyl (C=O) groups excluding carboxylic acids is 1. The lowest BCUT2D eigenvalue weighted by molar-refractivity contribution is 0.0857. The summed E-state index contributed by atoms with van der Waals surface area (Å²) in [7, 11) is 0. The van der Waals surface area contributed by atoms with E-state index in [0.29, 0.717) is 17.5 Å². The summed E-state index contributed by atoms with van der Waals surface area (Å²) in [5.74, 6) is -0.814. The van der Waals surface area contributed by atoms with Crippen LogP contribution in [-0.2, 0) is 6.42 Å². The SMILES string of the molecule is Cc1ccc(F)cc1C(=O)N[C@@H]1c2ccccc2C[C@@H]1O. The summed E-state index contributed by atoms with van der Waals surface area (Å²) in [5.41, 5.74) is 2.96. The van der Waals surface area contributed by atoms with Crippen molar-refractivity contribution >= 4 is 5.91 Å². The molecule has 0 aromatic heterocycles. The Morgan fingerprint density at radius 2 is 2.05 bits per heavy atom. The van der Waals surface area contributed by atoms with E-state index in [4.69, 9.17) is 0 Å². The van der Waals surface area contributed by atoms with Crippen LogP contribution in [-0.4, -0.2) is 17.1 Å². The van der Waals surface area contributed by atoms with Crippen LogP contribution in [0.15, 0.2) is 42.5 Å². The third kappa shape index (κ3) is 2.54. The Bertz CT molecular complexity index is 699. The molecule has 0 spiro atoms. The third-order valence-corrected chi connectivity index (χ3v) is 3.93. The maximum absolute atomic E-state index is 13.3. The second-order valence-electron chi connectivity index (χ2n) is 5.38. The monoisotopic (exact) mass is 285 g/mol. The molecular formula is C17H16FNO2. The lowest BCUT2D eigenvalue weighted by Gasteiger charge is -2.18. The molecular weight excluding hydrogens is 269 g/mol. The Morgan fingerprint density at radius 1 is 1.29 bits per heavy atom. The van der Waals surface area contributed by atoms with Crippen LogP contribution < -0.4 is 5.32 Å². The first-order valence-corrected chi connectivity index (χ1v) is 6.89. The van der Waals surface area contributed by atoms with E-state index < -0.39 is 18.0 Å². The molecule has 1 aliphatic carbocycles. The summed E-state index contributed by atoms with van der Waals surface area (Å²) < 4.78 is 13.3. The van der Waals surface area contributed by atoms with Gasteiger partial charge in [0.1, 0.15) is 5.82 Å². The van der Waals surface area contributed by atoms with Gasteiger partial charge in [-0.25, -0.2) is 4.39 Å². The number of hydrogen-bond acceptors (Lipinski definition) is 2. The zero-order valence-electron chi connectivity index (χ0n) is 11.6. The van der Waals surface area contributed by atoms with Crippen LogP contribution in [0.3, 0.4) is 0 Å². The molecule has 2 atom stereocenters. The summed E-state index contributed by atoms with van der Waals surface area (Å²) in [4.78, 5) is 12.3. The van der Waals surface area contributed by atoms with Gasteiger partial charge in [0.2, 0.25) is 0 Å². The molecule has 0 radical (unpaired) electrons. The molecule has 1 aliphatic rings. The molecule has 3 nitrogen and oxygen atoms in total. The van der Waals surface area contributed by atoms with Crippen molar-refractivity contribution in [2.45, 2.75) is 25.5 Å². The van der Waals surface area contributed by atoms with Crippen LogP contribution in [0.4, 0.5) is 4.39 Å². The minimum atomic E-state index is -0.653. The summed E-state index contributed by atoms with van der Waals surface area (Å²) in [6.07, 6.45) is -0.135. The minimum Gasteiger partial charge on any atom is -0.390 e. The molecule has 4 heteroatoms. The highest BCUT2D eigenvalue weighted by atomic mass is 19.1. The van der Waals surface area contributed by atoms with E-state index in [9.17, 15) is 14.3 Å². The smallest absolute Gasteiger partial charge is 0.252 e. The van der Waals surface area contributed by atoms with Gasteiger partial charge in [0.15, 0.2) is 0 Å². The summed E-state index contributed by atoms with van der Waals surface area (Å²) >= 11 is 0. The van der Waals surface area contributed by atoms with Gasteiger partial charge in [-0.05, 0) is 35.7 Å². The van der Waals surface area contributed by atoms with Crippen molar-refractivity contribution in [3.05, 3.63) is 70.5 Å². The highest BCUT2D eigenvalue weighted by molar-refractivity contribution is 5.96. The van der Waals surface area contributed by atoms with E-state index in [0.717, 1.165) is 11.1 Å². The van der Waals surface area contributed by atoms with Gasteiger partial charge in [0.25, 0.3) is 5.91 Å². The number of fused-ring (bicyclic) bond motifs is 1. The zero-order chi connectivity index (χ0) is 15.0. The molecule has 0 heterocycles. The molecule has 108 valence electrons. The first-order valence-electron chi connectivity index (χ1n) is 6.89. The maximum Gasteiger partial charge on any atom is 0.252 e. The van der Waals surface area contributed by atoms with Crippen molar-refractivity contribution < 1.29 is 14.3 Å². The first-order chi connectivity index (χ1) is 10.1. The quantitative estimate of drug-likeness (QED) is 0.890. The van der Waals surface area contributed by atoms with Gasteiger partial charge >= 0.3 is 0 Å². The Labute approximate surface area is 122 Å². The predicted molar refractivity (Wildman–Crippen MR) is 77.5 cm³/mol. The Kier molecular flexibility index (Phi) is 3.47. The van der Waals surface area contributed by atoms with Gasteiger partial charge in [0.05, 0.1) is 12.1 Å². The lowest BCUT2D eigenvalue weighted by Crippen LogP contribution is -2.34. The van der Waals surface area contributed by atoms with Gasteiger partial charge in [-0.1, -0.05) is 30.3 Å². The van der Waals surface area contributed by atoms with Crippen molar-refractivity contribution in [1.29, 1.82) is 0 Å². The van der Waals surface area contributed by atoms with E-state index in [1.54, 1.807) is 13.0 Å². The molecule has 2 aromatic carbocycles. The molecule has 0 aliphatic heterocycles. The first kappa shape index (κ1) is 13.8. The number of aryl methyl sites for hydroxylation is 1. The molecule has 0 bridgehead atoms. The summed E-state index contributed by atoms with van der Waals surface area (Å²) in [6.45, 7) is 1.76. The highest BCUT2D eigenvalue weighted by Gasteiger charge is 2.32. The normalized spacial score (nSPS) is 20.1. The van der Waals surface area contributed by atoms with Crippen molar-refractivity contribution in [2.24, 2.45) is 0 Å². The lowest BCUT2D eigenvalue weighted by atomic mass is 10.0. The average molecular weight is 285 g/mol. The molecule has 1 amide bonds. The van der Waals surface area contributed by atoms with Gasteiger partial charge in [-0.2, -0.15) is 0 Å². The molecule has 0 fully saturated rings. The Balaban J connectivity index is 1.87. The number of amides is 1. The van der Waals surface area contributed by atoms with E-state index in [1.807, 2.05) is 24.3 Å². The van der Waals surface area contributed by atoms with E-state index in [1.165, 1.54) is 12.1 Å². The molecule has 2 aromatic rings. The number of aliphatic hydroxyl groups excluding tert-OH is 1. The van der Waals surface area contributed by atoms with Crippen LogP contribution in [0.1, 0.15) is 33.1 Å². The fraction of sp³-hybridized carbons (Fsp3) is 0.235. The number of hydrogen-bond donors (Lipinski definition) is 2. The molecule has 3 rings (SSSR count). The van der Waals surface area contributed by atoms with Gasteiger partial charge in [-0.3, -0.25) is 4.79 Å². The number of aliphatic hydroxyl groups is 1. The van der Waals surface area contributed by atoms with Crippen molar-refractivity contribution in [3.8, 4) is 0 Å². The van der Waals surface area contributed by atoms with Crippen LogP contribution in [0.25, 0.3) is 0 Å². The predicted octanol–water partition coefficient (Wildman–Crippen LogP) is 2.52. The topological polar surface area (TPSA) is 49.3 Å². The fourth-order valence-electron chi connectivity index (χ4n) is 2.81. The molecule has 2 N–H and O–H groups in total. The number of halogens is 1. The molecule has 21 heavy (non-hydrogen) atoms. The van der Waals surface area contributed by atoms with E-state index in [-0.39, 0.29) is 5.91 Å². The molecule has 0 saturated heterocycles. The van der Waals surface area contributed by atoms with Crippen LogP contribution in [0.5, 0.6) is 0 Å². The molecule has 0 saturated carbocycles. The van der Waals surface area contributed by atoms with Crippen LogP contribution in [0, 0.1) is 12.7 Å². The van der Waals surface area contributed by atoms with Crippen LogP contribution >= 0.6 is 0 Å². The van der Waals surface area contributed by atoms with Crippen molar-refractivity contribution in [2.75, 3.05) is 0 Å². The number of benzene rings is 2. The Morgan fingerprint density at radius 3 is 2.86 bits per heavy atom. The van der Waals surface area contributed by atoms with E-state index in [2.05, 4.69) is 5.32 Å².